The van der Waals surface area contributed by atoms with Crippen molar-refractivity contribution in [2.24, 2.45) is 0 Å². The Morgan fingerprint density at radius 1 is 1.25 bits per heavy atom. The highest BCUT2D eigenvalue weighted by Crippen LogP contribution is 2.54. The van der Waals surface area contributed by atoms with Gasteiger partial charge in [-0.3, -0.25) is 4.79 Å². The summed E-state index contributed by atoms with van der Waals surface area (Å²) in [5.74, 6) is -0.344. The van der Waals surface area contributed by atoms with Crippen molar-refractivity contribution in [3.8, 4) is 0 Å². The minimum Gasteiger partial charge on any atom is -0.374 e. The second-order valence-corrected chi connectivity index (χ2v) is 8.20. The summed E-state index contributed by atoms with van der Waals surface area (Å²) < 4.78 is 60.4. The maximum Gasteiger partial charge on any atom is 0.424 e. The molecule has 174 valence electrons. The summed E-state index contributed by atoms with van der Waals surface area (Å²) in [6, 6.07) is 8.92. The number of alkyl halides is 4. The number of benzene rings is 1. The molecular weight excluding hydrogens is 426 g/mol. The number of methoxy groups -OCH3 is 1. The van der Waals surface area contributed by atoms with Crippen LogP contribution in [-0.2, 0) is 9.53 Å². The largest absolute Gasteiger partial charge is 0.424 e. The Balaban J connectivity index is 1.98. The van der Waals surface area contributed by atoms with Crippen LogP contribution in [0, 0.1) is 0 Å². The fraction of sp³-hybridized carbons (Fsp3) is 0.458. The van der Waals surface area contributed by atoms with Gasteiger partial charge in [-0.1, -0.05) is 42.5 Å². The molecule has 1 aromatic rings. The van der Waals surface area contributed by atoms with Gasteiger partial charge in [0.05, 0.1) is 0 Å². The molecule has 3 atom stereocenters. The summed E-state index contributed by atoms with van der Waals surface area (Å²) in [6.45, 7) is 2.75. The first-order valence-corrected chi connectivity index (χ1v) is 10.5. The molecule has 1 fully saturated rings. The van der Waals surface area contributed by atoms with Crippen LogP contribution in [0.1, 0.15) is 44.8 Å². The lowest BCUT2D eigenvalue weighted by molar-refractivity contribution is -0.285. The summed E-state index contributed by atoms with van der Waals surface area (Å²) >= 11 is 0. The molecule has 1 saturated heterocycles. The van der Waals surface area contributed by atoms with Gasteiger partial charge in [-0.25, -0.2) is 4.39 Å². The van der Waals surface area contributed by atoms with Crippen molar-refractivity contribution in [3.63, 3.8) is 0 Å². The first-order valence-electron chi connectivity index (χ1n) is 10.5. The van der Waals surface area contributed by atoms with E-state index in [0.717, 1.165) is 6.08 Å². The Labute approximate surface area is 184 Å². The van der Waals surface area contributed by atoms with Crippen LogP contribution in [0.15, 0.2) is 65.4 Å². The molecule has 1 aliphatic carbocycles. The zero-order chi connectivity index (χ0) is 23.7. The van der Waals surface area contributed by atoms with Crippen molar-refractivity contribution in [3.05, 3.63) is 71.0 Å². The standard InChI is InChI=1S/C24H27F4NO3/c1-4-19-17(14-18-15-22(2,25)23(18,31)24(26,27)28)12-8-9-13-29(19)21(30)20(32-3)16-10-6-5-7-11-16/h4-7,10-11,14-15,20,31H,8-9,12-13H2,1-3H3/b17-14-,19-4?/t20-,22?,23?/m0/s1. The van der Waals surface area contributed by atoms with E-state index in [2.05, 4.69) is 0 Å². The van der Waals surface area contributed by atoms with Crippen LogP contribution >= 0.6 is 0 Å². The minimum atomic E-state index is -5.18. The van der Waals surface area contributed by atoms with E-state index in [1.54, 1.807) is 37.3 Å². The molecular formula is C24H27F4NO3. The fourth-order valence-corrected chi connectivity index (χ4v) is 4.35. The molecule has 0 radical (unpaired) electrons. The average Bonchev–Trinajstić information content (AvgIpc) is 2.95. The van der Waals surface area contributed by atoms with Crippen molar-refractivity contribution >= 4 is 5.91 Å². The molecule has 1 aliphatic heterocycles. The highest BCUT2D eigenvalue weighted by atomic mass is 19.4. The van der Waals surface area contributed by atoms with Gasteiger partial charge in [0, 0.05) is 19.4 Å². The van der Waals surface area contributed by atoms with Crippen molar-refractivity contribution in [1.82, 2.24) is 4.90 Å². The van der Waals surface area contributed by atoms with Gasteiger partial charge in [-0.2, -0.15) is 13.2 Å². The van der Waals surface area contributed by atoms with Gasteiger partial charge in [0.2, 0.25) is 5.60 Å². The molecule has 1 amide bonds. The Morgan fingerprint density at radius 3 is 2.44 bits per heavy atom. The van der Waals surface area contributed by atoms with Crippen molar-refractivity contribution < 1.29 is 32.2 Å². The molecule has 1 aromatic carbocycles. The molecule has 3 rings (SSSR count). The number of aliphatic hydroxyl groups is 1. The van der Waals surface area contributed by atoms with E-state index in [4.69, 9.17) is 4.74 Å². The lowest BCUT2D eigenvalue weighted by Crippen LogP contribution is -2.65. The molecule has 0 aromatic heterocycles. The highest BCUT2D eigenvalue weighted by Gasteiger charge is 2.71. The van der Waals surface area contributed by atoms with E-state index in [-0.39, 0.29) is 5.91 Å². The molecule has 8 heteroatoms. The molecule has 0 spiro atoms. The van der Waals surface area contributed by atoms with Gasteiger partial charge in [0.1, 0.15) is 0 Å². The first-order chi connectivity index (χ1) is 15.0. The molecule has 2 unspecified atom stereocenters. The first kappa shape index (κ1) is 24.2. The number of amides is 1. The maximum absolute atomic E-state index is 14.4. The molecule has 2 aliphatic rings. The van der Waals surface area contributed by atoms with E-state index in [1.165, 1.54) is 18.1 Å². The maximum atomic E-state index is 14.4. The summed E-state index contributed by atoms with van der Waals surface area (Å²) in [6.07, 6.45) is -0.819. The van der Waals surface area contributed by atoms with Gasteiger partial charge in [0.15, 0.2) is 11.8 Å². The van der Waals surface area contributed by atoms with E-state index in [9.17, 15) is 27.5 Å². The van der Waals surface area contributed by atoms with Crippen molar-refractivity contribution in [2.45, 2.75) is 56.7 Å². The van der Waals surface area contributed by atoms with Crippen LogP contribution in [0.3, 0.4) is 0 Å². The fourth-order valence-electron chi connectivity index (χ4n) is 4.35. The van der Waals surface area contributed by atoms with Crippen LogP contribution in [0.5, 0.6) is 0 Å². The molecule has 0 bridgehead atoms. The van der Waals surface area contributed by atoms with E-state index < -0.39 is 29.1 Å². The number of allylic oxidation sites excluding steroid dienone is 2. The zero-order valence-electron chi connectivity index (χ0n) is 18.2. The molecule has 1 N–H and O–H groups in total. The highest BCUT2D eigenvalue weighted by molar-refractivity contribution is 5.85. The topological polar surface area (TPSA) is 49.8 Å². The van der Waals surface area contributed by atoms with Gasteiger partial charge in [-0.15, -0.1) is 0 Å². The van der Waals surface area contributed by atoms with Gasteiger partial charge < -0.3 is 14.7 Å². The Bertz CT molecular complexity index is 950. The Morgan fingerprint density at radius 2 is 1.91 bits per heavy atom. The van der Waals surface area contributed by atoms with E-state index in [0.29, 0.717) is 49.6 Å². The SMILES string of the molecule is CC=C1/C(=C\C2=CC(C)(F)C2(O)C(F)(F)F)CCCCN1C(=O)[C@@H](OC)c1ccccc1. The molecule has 4 nitrogen and oxygen atoms in total. The molecule has 1 heterocycles. The monoisotopic (exact) mass is 453 g/mol. The second-order valence-electron chi connectivity index (χ2n) is 8.20. The number of likely N-dealkylation sites (tertiary alicyclic amines) is 1. The lowest BCUT2D eigenvalue weighted by Gasteiger charge is -2.47. The van der Waals surface area contributed by atoms with Crippen LogP contribution in [0.4, 0.5) is 17.6 Å². The van der Waals surface area contributed by atoms with Crippen molar-refractivity contribution in [2.75, 3.05) is 13.7 Å². The lowest BCUT2D eigenvalue weighted by atomic mass is 9.67. The summed E-state index contributed by atoms with van der Waals surface area (Å²) in [7, 11) is 1.42. The minimum absolute atomic E-state index is 0.344. The number of hydrogen-bond donors (Lipinski definition) is 1. The Hall–Kier alpha value is -2.45. The predicted octanol–water partition coefficient (Wildman–Crippen LogP) is 5.18. The summed E-state index contributed by atoms with van der Waals surface area (Å²) in [5, 5.41) is 10.2. The van der Waals surface area contributed by atoms with Crippen LogP contribution in [-0.4, -0.2) is 47.0 Å². The van der Waals surface area contributed by atoms with Crippen molar-refractivity contribution in [1.29, 1.82) is 0 Å². The van der Waals surface area contributed by atoms with Crippen LogP contribution in [0.2, 0.25) is 0 Å². The second kappa shape index (κ2) is 8.83. The van der Waals surface area contributed by atoms with Gasteiger partial charge >= 0.3 is 6.18 Å². The number of carbonyl (C=O) groups is 1. The average molecular weight is 453 g/mol. The van der Waals surface area contributed by atoms with Gasteiger partial charge in [-0.05, 0) is 55.9 Å². The zero-order valence-corrected chi connectivity index (χ0v) is 18.2. The smallest absolute Gasteiger partial charge is 0.374 e. The summed E-state index contributed by atoms with van der Waals surface area (Å²) in [5.41, 5.74) is -5.54. The molecule has 0 saturated carbocycles. The Kier molecular flexibility index (Phi) is 6.67. The number of nitrogens with zero attached hydrogens (tertiary/aromatic N) is 1. The number of rotatable bonds is 4. The third-order valence-electron chi connectivity index (χ3n) is 6.09. The van der Waals surface area contributed by atoms with E-state index in [1.807, 2.05) is 6.07 Å². The normalized spacial score (nSPS) is 30.0. The predicted molar refractivity (Wildman–Crippen MR) is 112 cm³/mol. The number of carbonyl (C=O) groups excluding carboxylic acids is 1. The number of ether oxygens (including phenoxy) is 1. The third kappa shape index (κ3) is 4.01. The number of halogens is 4. The third-order valence-corrected chi connectivity index (χ3v) is 6.09. The number of hydrogen-bond acceptors (Lipinski definition) is 3. The summed E-state index contributed by atoms with van der Waals surface area (Å²) in [4.78, 5) is 14.9. The van der Waals surface area contributed by atoms with Crippen LogP contribution < -0.4 is 0 Å². The van der Waals surface area contributed by atoms with Crippen LogP contribution in [0.25, 0.3) is 0 Å². The van der Waals surface area contributed by atoms with E-state index >= 15 is 0 Å². The quantitative estimate of drug-likeness (QED) is 0.640. The molecule has 32 heavy (non-hydrogen) atoms. The van der Waals surface area contributed by atoms with Gasteiger partial charge in [0.25, 0.3) is 5.91 Å².